The Balaban J connectivity index is 3.34. The van der Waals surface area contributed by atoms with Crippen LogP contribution in [-0.2, 0) is 17.8 Å². The second-order valence-corrected chi connectivity index (χ2v) is 4.26. The first kappa shape index (κ1) is 16.1. The maximum atomic E-state index is 13.0. The molecule has 1 aromatic heterocycles. The average molecular weight is 296 g/mol. The van der Waals surface area contributed by atoms with Gasteiger partial charge in [0.1, 0.15) is 0 Å². The molecular formula is C11H12F4N2O3. The quantitative estimate of drug-likeness (QED) is 0.833. The van der Waals surface area contributed by atoms with Crippen molar-refractivity contribution in [3.8, 4) is 0 Å². The van der Waals surface area contributed by atoms with Gasteiger partial charge in [-0.2, -0.15) is 13.8 Å². The van der Waals surface area contributed by atoms with Crippen molar-refractivity contribution in [1.82, 2.24) is 9.55 Å². The van der Waals surface area contributed by atoms with Gasteiger partial charge in [-0.1, -0.05) is 0 Å². The van der Waals surface area contributed by atoms with Crippen LogP contribution in [-0.4, -0.2) is 33.0 Å². The molecule has 112 valence electrons. The fourth-order valence-electron chi connectivity index (χ4n) is 1.71. The highest BCUT2D eigenvalue weighted by molar-refractivity contribution is 5.70. The van der Waals surface area contributed by atoms with E-state index in [0.29, 0.717) is 4.57 Å². The van der Waals surface area contributed by atoms with E-state index in [1.165, 1.54) is 13.8 Å². The summed E-state index contributed by atoms with van der Waals surface area (Å²) < 4.78 is 50.8. The van der Waals surface area contributed by atoms with Crippen LogP contribution in [0.1, 0.15) is 17.0 Å². The van der Waals surface area contributed by atoms with Crippen LogP contribution >= 0.6 is 0 Å². The van der Waals surface area contributed by atoms with Gasteiger partial charge in [-0.15, -0.1) is 0 Å². The molecule has 1 heterocycles. The molecule has 0 bridgehead atoms. The maximum Gasteiger partial charge on any atom is 0.348 e. The lowest BCUT2D eigenvalue weighted by molar-refractivity contribution is -0.138. The van der Waals surface area contributed by atoms with E-state index < -0.39 is 37.0 Å². The van der Waals surface area contributed by atoms with E-state index in [4.69, 9.17) is 5.11 Å². The van der Waals surface area contributed by atoms with Gasteiger partial charge in [0.2, 0.25) is 0 Å². The third-order valence-electron chi connectivity index (χ3n) is 2.79. The second-order valence-electron chi connectivity index (χ2n) is 4.26. The van der Waals surface area contributed by atoms with Crippen LogP contribution < -0.4 is 5.69 Å². The molecular weight excluding hydrogens is 284 g/mol. The van der Waals surface area contributed by atoms with E-state index >= 15 is 0 Å². The minimum Gasteiger partial charge on any atom is -0.481 e. The standard InChI is InChI=1S/C11H12F4N2O3/c1-5-7(3-8(18)19)6(2)17(10(20)16-5)4-11(14,15)9(12)13/h9H,3-4H2,1-2H3,(H,18,19). The number of carboxylic acids is 1. The Morgan fingerprint density at radius 3 is 2.40 bits per heavy atom. The fourth-order valence-corrected chi connectivity index (χ4v) is 1.71. The molecule has 0 aliphatic carbocycles. The van der Waals surface area contributed by atoms with E-state index in [2.05, 4.69) is 4.98 Å². The van der Waals surface area contributed by atoms with E-state index in [-0.39, 0.29) is 17.0 Å². The number of rotatable bonds is 5. The zero-order chi connectivity index (χ0) is 15.7. The van der Waals surface area contributed by atoms with Crippen LogP contribution in [0, 0.1) is 13.8 Å². The molecule has 0 fully saturated rings. The van der Waals surface area contributed by atoms with E-state index in [1.54, 1.807) is 0 Å². The van der Waals surface area contributed by atoms with Crippen LogP contribution in [0.5, 0.6) is 0 Å². The number of hydrogen-bond donors (Lipinski definition) is 1. The van der Waals surface area contributed by atoms with Crippen molar-refractivity contribution in [3.63, 3.8) is 0 Å². The number of carboxylic acid groups (broad SMARTS) is 1. The molecule has 0 radical (unpaired) electrons. The van der Waals surface area contributed by atoms with E-state index in [1.807, 2.05) is 0 Å². The summed E-state index contributed by atoms with van der Waals surface area (Å²) in [5, 5.41) is 8.71. The number of hydrogen-bond acceptors (Lipinski definition) is 3. The Morgan fingerprint density at radius 2 is 1.95 bits per heavy atom. The van der Waals surface area contributed by atoms with Crippen molar-refractivity contribution in [2.75, 3.05) is 0 Å². The molecule has 1 aromatic rings. The largest absolute Gasteiger partial charge is 0.481 e. The normalized spacial score (nSPS) is 11.9. The second kappa shape index (κ2) is 5.59. The zero-order valence-corrected chi connectivity index (χ0v) is 10.7. The molecule has 9 heteroatoms. The Kier molecular flexibility index (Phi) is 4.51. The van der Waals surface area contributed by atoms with Gasteiger partial charge < -0.3 is 5.11 Å². The predicted molar refractivity (Wildman–Crippen MR) is 60.3 cm³/mol. The summed E-state index contributed by atoms with van der Waals surface area (Å²) in [6.45, 7) is 1.02. The maximum absolute atomic E-state index is 13.0. The first-order chi connectivity index (χ1) is 9.06. The van der Waals surface area contributed by atoms with Gasteiger partial charge in [-0.3, -0.25) is 9.36 Å². The number of nitrogens with zero attached hydrogens (tertiary/aromatic N) is 2. The van der Waals surface area contributed by atoms with Crippen molar-refractivity contribution in [2.24, 2.45) is 0 Å². The summed E-state index contributed by atoms with van der Waals surface area (Å²) in [4.78, 5) is 25.6. The van der Waals surface area contributed by atoms with Crippen LogP contribution in [0.15, 0.2) is 4.79 Å². The SMILES string of the molecule is Cc1nc(=O)n(CC(F)(F)C(F)F)c(C)c1CC(=O)O. The van der Waals surface area contributed by atoms with Crippen LogP contribution in [0.2, 0.25) is 0 Å². The molecule has 0 aliphatic rings. The molecule has 1 rings (SSSR count). The smallest absolute Gasteiger partial charge is 0.348 e. The molecule has 0 aliphatic heterocycles. The zero-order valence-electron chi connectivity index (χ0n) is 10.7. The van der Waals surface area contributed by atoms with Crippen molar-refractivity contribution < 1.29 is 27.5 Å². The van der Waals surface area contributed by atoms with Crippen LogP contribution in [0.4, 0.5) is 17.6 Å². The highest BCUT2D eigenvalue weighted by Gasteiger charge is 2.41. The minimum absolute atomic E-state index is 0.0576. The third kappa shape index (κ3) is 3.34. The third-order valence-corrected chi connectivity index (χ3v) is 2.79. The molecule has 0 unspecified atom stereocenters. The Labute approximate surface area is 110 Å². The van der Waals surface area contributed by atoms with Crippen LogP contribution in [0.25, 0.3) is 0 Å². The molecule has 0 saturated heterocycles. The van der Waals surface area contributed by atoms with E-state index in [9.17, 15) is 27.2 Å². The highest BCUT2D eigenvalue weighted by Crippen LogP contribution is 2.25. The first-order valence-electron chi connectivity index (χ1n) is 5.51. The van der Waals surface area contributed by atoms with E-state index in [0.717, 1.165) is 0 Å². The lowest BCUT2D eigenvalue weighted by Crippen LogP contribution is -2.39. The fraction of sp³-hybridized carbons (Fsp3) is 0.545. The summed E-state index contributed by atoms with van der Waals surface area (Å²) in [5.74, 6) is -5.64. The molecule has 0 spiro atoms. The number of carbonyl (C=O) groups is 1. The number of aryl methyl sites for hydroxylation is 1. The van der Waals surface area contributed by atoms with Gasteiger partial charge in [-0.05, 0) is 13.8 Å². The summed E-state index contributed by atoms with van der Waals surface area (Å²) in [6, 6.07) is 0. The Morgan fingerprint density at radius 1 is 1.40 bits per heavy atom. The number of halogens is 4. The molecule has 5 nitrogen and oxygen atoms in total. The lowest BCUT2D eigenvalue weighted by atomic mass is 10.1. The molecule has 1 N–H and O–H groups in total. The summed E-state index contributed by atoms with van der Waals surface area (Å²) in [6.07, 6.45) is -4.47. The topological polar surface area (TPSA) is 72.2 Å². The van der Waals surface area contributed by atoms with Gasteiger partial charge in [-0.25, -0.2) is 13.6 Å². The van der Waals surface area contributed by atoms with Gasteiger partial charge >= 0.3 is 24.0 Å². The number of aromatic nitrogens is 2. The monoisotopic (exact) mass is 296 g/mol. The van der Waals surface area contributed by atoms with Crippen molar-refractivity contribution in [3.05, 3.63) is 27.4 Å². The highest BCUT2D eigenvalue weighted by atomic mass is 19.3. The van der Waals surface area contributed by atoms with Crippen molar-refractivity contribution >= 4 is 5.97 Å². The molecule has 0 aromatic carbocycles. The average Bonchev–Trinajstić information content (AvgIpc) is 2.29. The molecule has 0 atom stereocenters. The summed E-state index contributed by atoms with van der Waals surface area (Å²) >= 11 is 0. The van der Waals surface area contributed by atoms with Gasteiger partial charge in [0, 0.05) is 17.0 Å². The Hall–Kier alpha value is -1.93. The Bertz CT molecular complexity index is 584. The van der Waals surface area contributed by atoms with Crippen LogP contribution in [0.3, 0.4) is 0 Å². The predicted octanol–water partition coefficient (Wildman–Crippen LogP) is 1.39. The summed E-state index contributed by atoms with van der Waals surface area (Å²) in [7, 11) is 0. The summed E-state index contributed by atoms with van der Waals surface area (Å²) in [5.41, 5.74) is -1.09. The van der Waals surface area contributed by atoms with Gasteiger partial charge in [0.05, 0.1) is 13.0 Å². The van der Waals surface area contributed by atoms with Gasteiger partial charge in [0.25, 0.3) is 0 Å². The molecule has 20 heavy (non-hydrogen) atoms. The van der Waals surface area contributed by atoms with Gasteiger partial charge in [0.15, 0.2) is 0 Å². The first-order valence-corrected chi connectivity index (χ1v) is 5.51. The molecule has 0 saturated carbocycles. The van der Waals surface area contributed by atoms with Crippen molar-refractivity contribution in [2.45, 2.75) is 39.2 Å². The number of alkyl halides is 4. The van der Waals surface area contributed by atoms with Crippen molar-refractivity contribution in [1.29, 1.82) is 0 Å². The number of aliphatic carboxylic acids is 1. The lowest BCUT2D eigenvalue weighted by Gasteiger charge is -2.20. The molecule has 0 amide bonds. The minimum atomic E-state index is -4.40.